The van der Waals surface area contributed by atoms with Crippen molar-refractivity contribution in [2.24, 2.45) is 0 Å². The predicted octanol–water partition coefficient (Wildman–Crippen LogP) is 2.20. The van der Waals surface area contributed by atoms with E-state index >= 15 is 0 Å². The van der Waals surface area contributed by atoms with Gasteiger partial charge >= 0.3 is 6.09 Å². The minimum Gasteiger partial charge on any atom is -0.495 e. The van der Waals surface area contributed by atoms with Crippen LogP contribution in [0, 0.1) is 11.3 Å². The van der Waals surface area contributed by atoms with Crippen LogP contribution in [0.15, 0.2) is 18.2 Å². The van der Waals surface area contributed by atoms with Crippen molar-refractivity contribution >= 4 is 17.5 Å². The van der Waals surface area contributed by atoms with Gasteiger partial charge in [-0.2, -0.15) is 5.26 Å². The summed E-state index contributed by atoms with van der Waals surface area (Å²) < 4.78 is 9.66. The first-order valence-corrected chi connectivity index (χ1v) is 5.30. The monoisotopic (exact) mass is 249 g/mol. The molecule has 1 atom stereocenters. The van der Waals surface area contributed by atoms with Gasteiger partial charge in [0.25, 0.3) is 0 Å². The zero-order chi connectivity index (χ0) is 13.5. The molecule has 0 aliphatic heterocycles. The Morgan fingerprint density at radius 2 is 2.17 bits per heavy atom. The van der Waals surface area contributed by atoms with E-state index in [2.05, 4.69) is 21.4 Å². The van der Waals surface area contributed by atoms with Gasteiger partial charge in [-0.1, -0.05) is 0 Å². The van der Waals surface area contributed by atoms with Crippen molar-refractivity contribution in [3.63, 3.8) is 0 Å². The molecule has 6 nitrogen and oxygen atoms in total. The van der Waals surface area contributed by atoms with E-state index in [0.717, 1.165) is 0 Å². The van der Waals surface area contributed by atoms with Crippen molar-refractivity contribution in [2.45, 2.75) is 13.0 Å². The Balaban J connectivity index is 2.95. The topological polar surface area (TPSA) is 83.4 Å². The molecule has 0 spiro atoms. The molecule has 2 N–H and O–H groups in total. The lowest BCUT2D eigenvalue weighted by molar-refractivity contribution is 0.187. The van der Waals surface area contributed by atoms with E-state index in [1.54, 1.807) is 25.1 Å². The Morgan fingerprint density at radius 3 is 2.72 bits per heavy atom. The molecule has 1 aromatic rings. The number of benzene rings is 1. The quantitative estimate of drug-likeness (QED) is 0.854. The van der Waals surface area contributed by atoms with Crippen molar-refractivity contribution < 1.29 is 14.3 Å². The number of hydrogen-bond acceptors (Lipinski definition) is 5. The largest absolute Gasteiger partial charge is 0.495 e. The van der Waals surface area contributed by atoms with Gasteiger partial charge in [0.15, 0.2) is 0 Å². The van der Waals surface area contributed by atoms with E-state index in [9.17, 15) is 4.79 Å². The lowest BCUT2D eigenvalue weighted by Gasteiger charge is -2.14. The normalized spacial score (nSPS) is 11.0. The summed E-state index contributed by atoms with van der Waals surface area (Å²) in [6.45, 7) is 1.72. The lowest BCUT2D eigenvalue weighted by atomic mass is 10.2. The molecule has 0 aromatic heterocycles. The highest BCUT2D eigenvalue weighted by molar-refractivity contribution is 5.85. The SMILES string of the molecule is COC(=O)Nc1ccc(OC)c(NC(C)C#N)c1. The summed E-state index contributed by atoms with van der Waals surface area (Å²) in [6.07, 6.45) is -0.556. The van der Waals surface area contributed by atoms with Crippen LogP contribution in [0.2, 0.25) is 0 Å². The van der Waals surface area contributed by atoms with Gasteiger partial charge in [-0.3, -0.25) is 5.32 Å². The number of ether oxygens (including phenoxy) is 2. The van der Waals surface area contributed by atoms with Crippen LogP contribution in [-0.2, 0) is 4.74 Å². The van der Waals surface area contributed by atoms with E-state index in [4.69, 9.17) is 10.00 Å². The molecule has 18 heavy (non-hydrogen) atoms. The van der Waals surface area contributed by atoms with Gasteiger partial charge in [-0.25, -0.2) is 4.79 Å². The maximum absolute atomic E-state index is 11.1. The average molecular weight is 249 g/mol. The Hall–Kier alpha value is -2.42. The third-order valence-electron chi connectivity index (χ3n) is 2.20. The Labute approximate surface area is 106 Å². The molecule has 0 saturated heterocycles. The number of rotatable bonds is 4. The fraction of sp³-hybridized carbons (Fsp3) is 0.333. The molecule has 96 valence electrons. The summed E-state index contributed by atoms with van der Waals surface area (Å²) in [6, 6.07) is 6.73. The van der Waals surface area contributed by atoms with Gasteiger partial charge in [-0.05, 0) is 25.1 Å². The van der Waals surface area contributed by atoms with E-state index in [-0.39, 0.29) is 6.04 Å². The van der Waals surface area contributed by atoms with Gasteiger partial charge in [0.05, 0.1) is 26.0 Å². The third kappa shape index (κ3) is 3.56. The van der Waals surface area contributed by atoms with Gasteiger partial charge in [0.1, 0.15) is 11.8 Å². The van der Waals surface area contributed by atoms with E-state index in [0.29, 0.717) is 17.1 Å². The van der Waals surface area contributed by atoms with Crippen LogP contribution >= 0.6 is 0 Å². The Morgan fingerprint density at radius 1 is 1.44 bits per heavy atom. The first-order chi connectivity index (χ1) is 8.60. The van der Waals surface area contributed by atoms with Crippen molar-refractivity contribution in [2.75, 3.05) is 24.9 Å². The highest BCUT2D eigenvalue weighted by Crippen LogP contribution is 2.28. The van der Waals surface area contributed by atoms with Gasteiger partial charge < -0.3 is 14.8 Å². The van der Waals surface area contributed by atoms with Gasteiger partial charge in [-0.15, -0.1) is 0 Å². The number of nitrogens with one attached hydrogen (secondary N) is 2. The van der Waals surface area contributed by atoms with Crippen LogP contribution in [0.3, 0.4) is 0 Å². The van der Waals surface area contributed by atoms with Crippen molar-refractivity contribution in [1.82, 2.24) is 0 Å². The average Bonchev–Trinajstić information content (AvgIpc) is 2.38. The maximum Gasteiger partial charge on any atom is 0.411 e. The van der Waals surface area contributed by atoms with Crippen molar-refractivity contribution in [1.29, 1.82) is 5.26 Å². The maximum atomic E-state index is 11.1. The lowest BCUT2D eigenvalue weighted by Crippen LogP contribution is -2.14. The van der Waals surface area contributed by atoms with Crippen molar-refractivity contribution in [3.8, 4) is 11.8 Å². The standard InChI is InChI=1S/C12H15N3O3/c1-8(7-13)14-10-6-9(15-12(16)18-3)4-5-11(10)17-2/h4-6,8,14H,1-3H3,(H,15,16). The Kier molecular flexibility index (Phi) is 4.81. The van der Waals surface area contributed by atoms with Gasteiger partial charge in [0, 0.05) is 5.69 Å². The van der Waals surface area contributed by atoms with E-state index in [1.165, 1.54) is 14.2 Å². The second kappa shape index (κ2) is 6.35. The van der Waals surface area contributed by atoms with Crippen LogP contribution in [-0.4, -0.2) is 26.4 Å². The van der Waals surface area contributed by atoms with Crippen LogP contribution in [0.25, 0.3) is 0 Å². The molecule has 0 aliphatic rings. The van der Waals surface area contributed by atoms with Crippen LogP contribution in [0.1, 0.15) is 6.92 Å². The second-order valence-electron chi connectivity index (χ2n) is 3.53. The van der Waals surface area contributed by atoms with E-state index < -0.39 is 6.09 Å². The summed E-state index contributed by atoms with van der Waals surface area (Å²) in [7, 11) is 2.82. The highest BCUT2D eigenvalue weighted by Gasteiger charge is 2.09. The predicted molar refractivity (Wildman–Crippen MR) is 67.7 cm³/mol. The minimum atomic E-state index is -0.556. The third-order valence-corrected chi connectivity index (χ3v) is 2.20. The fourth-order valence-corrected chi connectivity index (χ4v) is 1.33. The number of methoxy groups -OCH3 is 2. The molecule has 0 saturated carbocycles. The molecule has 0 heterocycles. The Bertz CT molecular complexity index is 468. The molecule has 6 heteroatoms. The molecule has 1 unspecified atom stereocenters. The number of carbonyl (C=O) groups excluding carboxylic acids is 1. The molecule has 1 amide bonds. The smallest absolute Gasteiger partial charge is 0.411 e. The molecule has 0 aliphatic carbocycles. The van der Waals surface area contributed by atoms with Crippen LogP contribution in [0.4, 0.5) is 16.2 Å². The molecule has 1 aromatic carbocycles. The first-order valence-electron chi connectivity index (χ1n) is 5.30. The number of nitrogens with zero attached hydrogens (tertiary/aromatic N) is 1. The summed E-state index contributed by atoms with van der Waals surface area (Å²) in [5.74, 6) is 0.590. The number of nitriles is 1. The highest BCUT2D eigenvalue weighted by atomic mass is 16.5. The van der Waals surface area contributed by atoms with Crippen molar-refractivity contribution in [3.05, 3.63) is 18.2 Å². The molecule has 0 fully saturated rings. The first kappa shape index (κ1) is 13.6. The molecule has 1 rings (SSSR count). The fourth-order valence-electron chi connectivity index (χ4n) is 1.33. The molecule has 0 bridgehead atoms. The number of carbonyl (C=O) groups is 1. The summed E-state index contributed by atoms with van der Waals surface area (Å²) >= 11 is 0. The summed E-state index contributed by atoms with van der Waals surface area (Å²) in [5.41, 5.74) is 1.18. The number of anilines is 2. The minimum absolute atomic E-state index is 0.368. The summed E-state index contributed by atoms with van der Waals surface area (Å²) in [4.78, 5) is 11.1. The summed E-state index contributed by atoms with van der Waals surface area (Å²) in [5, 5.41) is 14.3. The van der Waals surface area contributed by atoms with Gasteiger partial charge in [0.2, 0.25) is 0 Å². The van der Waals surface area contributed by atoms with Crippen LogP contribution in [0.5, 0.6) is 5.75 Å². The second-order valence-corrected chi connectivity index (χ2v) is 3.53. The number of amides is 1. The molecular formula is C12H15N3O3. The zero-order valence-electron chi connectivity index (χ0n) is 10.5. The molecular weight excluding hydrogens is 234 g/mol. The number of hydrogen-bond donors (Lipinski definition) is 2. The van der Waals surface area contributed by atoms with E-state index in [1.807, 2.05) is 0 Å². The van der Waals surface area contributed by atoms with Crippen LogP contribution < -0.4 is 15.4 Å². The molecule has 0 radical (unpaired) electrons. The zero-order valence-corrected chi connectivity index (χ0v) is 10.5.